The number of carbonyl (C=O) groups excluding carboxylic acids is 1. The Bertz CT molecular complexity index is 420. The van der Waals surface area contributed by atoms with Crippen molar-refractivity contribution in [2.75, 3.05) is 6.54 Å². The molecule has 1 aromatic carbocycles. The number of unbranched alkanes of at least 4 members (excludes halogenated alkanes) is 3. The molecule has 0 aromatic heterocycles. The quantitative estimate of drug-likeness (QED) is 0.533. The third-order valence-electron chi connectivity index (χ3n) is 3.03. The highest BCUT2D eigenvalue weighted by Crippen LogP contribution is 2.07. The van der Waals surface area contributed by atoms with Crippen LogP contribution in [-0.4, -0.2) is 12.5 Å². The van der Waals surface area contributed by atoms with Crippen LogP contribution in [0.5, 0.6) is 0 Å². The fourth-order valence-electron chi connectivity index (χ4n) is 1.94. The van der Waals surface area contributed by atoms with Crippen molar-refractivity contribution in [2.24, 2.45) is 0 Å². The minimum atomic E-state index is 0.0112. The maximum absolute atomic E-state index is 10.6. The van der Waals surface area contributed by atoms with Gasteiger partial charge in [-0.15, -0.1) is 0 Å². The van der Waals surface area contributed by atoms with Crippen LogP contribution in [-0.2, 0) is 11.2 Å². The van der Waals surface area contributed by atoms with Gasteiger partial charge in [0.15, 0.2) is 0 Å². The van der Waals surface area contributed by atoms with Crippen molar-refractivity contribution < 1.29 is 4.79 Å². The number of amides is 1. The third-order valence-corrected chi connectivity index (χ3v) is 3.03. The molecule has 0 atom stereocenters. The molecule has 1 aromatic rings. The molecule has 0 heterocycles. The number of aryl methyl sites for hydroxylation is 1. The largest absolute Gasteiger partial charge is 0.353 e. The second kappa shape index (κ2) is 11.0. The van der Waals surface area contributed by atoms with Gasteiger partial charge in [-0.2, -0.15) is 0 Å². The maximum Gasteiger partial charge on any atom is 0.217 e. The summed E-state index contributed by atoms with van der Waals surface area (Å²) in [4.78, 5) is 10.6. The number of allylic oxidation sites excluding steroid dienone is 3. The number of hydrogen-bond donors (Lipinski definition) is 1. The summed E-state index contributed by atoms with van der Waals surface area (Å²) in [6.45, 7) is 2.13. The molecule has 0 spiro atoms. The SMILES string of the molecule is CC(=O)NCC=CC=CCCCCCc1ccccc1. The predicted molar refractivity (Wildman–Crippen MR) is 85.6 cm³/mol. The van der Waals surface area contributed by atoms with E-state index in [1.54, 1.807) is 0 Å². The zero-order valence-electron chi connectivity index (χ0n) is 12.3. The Hall–Kier alpha value is -1.83. The molecule has 1 N–H and O–H groups in total. The Labute approximate surface area is 122 Å². The van der Waals surface area contributed by atoms with Crippen molar-refractivity contribution in [1.29, 1.82) is 0 Å². The van der Waals surface area contributed by atoms with Gasteiger partial charge in [-0.1, -0.05) is 61.1 Å². The summed E-state index contributed by atoms with van der Waals surface area (Å²) in [5, 5.41) is 2.72. The zero-order valence-corrected chi connectivity index (χ0v) is 12.3. The summed E-state index contributed by atoms with van der Waals surface area (Å²) in [5.41, 5.74) is 1.43. The highest BCUT2D eigenvalue weighted by molar-refractivity contribution is 5.72. The molecular weight excluding hydrogens is 246 g/mol. The summed E-state index contributed by atoms with van der Waals surface area (Å²) >= 11 is 0. The van der Waals surface area contributed by atoms with Crippen LogP contribution in [0.2, 0.25) is 0 Å². The Morgan fingerprint density at radius 1 is 1.05 bits per heavy atom. The second-order valence-electron chi connectivity index (χ2n) is 4.88. The average Bonchev–Trinajstić information content (AvgIpc) is 2.45. The van der Waals surface area contributed by atoms with E-state index in [-0.39, 0.29) is 5.91 Å². The molecule has 0 aliphatic rings. The van der Waals surface area contributed by atoms with Gasteiger partial charge < -0.3 is 5.32 Å². The Morgan fingerprint density at radius 2 is 1.80 bits per heavy atom. The number of rotatable bonds is 9. The molecule has 1 amide bonds. The van der Waals surface area contributed by atoms with Gasteiger partial charge in [0.05, 0.1) is 0 Å². The van der Waals surface area contributed by atoms with Crippen LogP contribution in [0.4, 0.5) is 0 Å². The highest BCUT2D eigenvalue weighted by Gasteiger charge is 1.91. The van der Waals surface area contributed by atoms with Crippen molar-refractivity contribution in [2.45, 2.75) is 39.0 Å². The normalized spacial score (nSPS) is 11.2. The summed E-state index contributed by atoms with van der Waals surface area (Å²) in [6.07, 6.45) is 14.3. The van der Waals surface area contributed by atoms with E-state index in [1.165, 1.54) is 38.2 Å². The van der Waals surface area contributed by atoms with Crippen molar-refractivity contribution in [3.8, 4) is 0 Å². The van der Waals surface area contributed by atoms with Gasteiger partial charge >= 0.3 is 0 Å². The molecule has 1 rings (SSSR count). The standard InChI is InChI=1S/C18H25NO/c1-17(20)19-16-12-7-5-3-2-4-6-9-13-18-14-10-8-11-15-18/h3,5,7-8,10-12,14-15H,2,4,6,9,13,16H2,1H3,(H,19,20). The number of benzene rings is 1. The van der Waals surface area contributed by atoms with Crippen LogP contribution in [0.15, 0.2) is 54.6 Å². The van der Waals surface area contributed by atoms with E-state index in [9.17, 15) is 4.79 Å². The first-order valence-electron chi connectivity index (χ1n) is 7.39. The van der Waals surface area contributed by atoms with Gasteiger partial charge in [0.2, 0.25) is 5.91 Å². The highest BCUT2D eigenvalue weighted by atomic mass is 16.1. The monoisotopic (exact) mass is 271 g/mol. The van der Waals surface area contributed by atoms with E-state index in [1.807, 2.05) is 12.2 Å². The lowest BCUT2D eigenvalue weighted by Crippen LogP contribution is -2.19. The third kappa shape index (κ3) is 9.15. The summed E-state index contributed by atoms with van der Waals surface area (Å²) in [5.74, 6) is 0.0112. The van der Waals surface area contributed by atoms with Crippen LogP contribution >= 0.6 is 0 Å². The number of nitrogens with one attached hydrogen (secondary N) is 1. The van der Waals surface area contributed by atoms with Gasteiger partial charge in [0.1, 0.15) is 0 Å². The van der Waals surface area contributed by atoms with E-state index in [2.05, 4.69) is 47.8 Å². The summed E-state index contributed by atoms with van der Waals surface area (Å²) in [6, 6.07) is 10.7. The van der Waals surface area contributed by atoms with Crippen LogP contribution in [0.1, 0.15) is 38.2 Å². The molecule has 108 valence electrons. The van der Waals surface area contributed by atoms with Gasteiger partial charge in [-0.05, 0) is 31.2 Å². The van der Waals surface area contributed by atoms with Gasteiger partial charge in [0.25, 0.3) is 0 Å². The van der Waals surface area contributed by atoms with Gasteiger partial charge in [0, 0.05) is 13.5 Å². The molecule has 0 aliphatic heterocycles. The molecule has 0 bridgehead atoms. The smallest absolute Gasteiger partial charge is 0.217 e. The average molecular weight is 271 g/mol. The molecule has 0 saturated carbocycles. The predicted octanol–water partition coefficient (Wildman–Crippen LogP) is 4.04. The molecule has 0 aliphatic carbocycles. The fraction of sp³-hybridized carbons (Fsp3) is 0.389. The van der Waals surface area contributed by atoms with E-state index in [0.717, 1.165) is 6.42 Å². The van der Waals surface area contributed by atoms with E-state index >= 15 is 0 Å². The summed E-state index contributed by atoms with van der Waals surface area (Å²) < 4.78 is 0. The molecule has 0 unspecified atom stereocenters. The second-order valence-corrected chi connectivity index (χ2v) is 4.88. The minimum absolute atomic E-state index is 0.0112. The van der Waals surface area contributed by atoms with E-state index in [4.69, 9.17) is 0 Å². The topological polar surface area (TPSA) is 29.1 Å². The minimum Gasteiger partial charge on any atom is -0.353 e. The first-order valence-corrected chi connectivity index (χ1v) is 7.39. The van der Waals surface area contributed by atoms with Crippen molar-refractivity contribution >= 4 is 5.91 Å². The van der Waals surface area contributed by atoms with Crippen LogP contribution < -0.4 is 5.32 Å². The van der Waals surface area contributed by atoms with Crippen molar-refractivity contribution in [1.82, 2.24) is 5.32 Å². The Morgan fingerprint density at radius 3 is 2.55 bits per heavy atom. The zero-order chi connectivity index (χ0) is 14.5. The molecule has 2 nitrogen and oxygen atoms in total. The van der Waals surface area contributed by atoms with E-state index in [0.29, 0.717) is 6.54 Å². The molecule has 20 heavy (non-hydrogen) atoms. The molecule has 2 heteroatoms. The lowest BCUT2D eigenvalue weighted by molar-refractivity contribution is -0.118. The lowest BCUT2D eigenvalue weighted by Gasteiger charge is -2.00. The first-order chi connectivity index (χ1) is 9.79. The van der Waals surface area contributed by atoms with Gasteiger partial charge in [-0.3, -0.25) is 4.79 Å². The van der Waals surface area contributed by atoms with Crippen LogP contribution in [0.3, 0.4) is 0 Å². The van der Waals surface area contributed by atoms with E-state index < -0.39 is 0 Å². The molecular formula is C18H25NO. The first kappa shape index (κ1) is 16.2. The van der Waals surface area contributed by atoms with Crippen LogP contribution in [0.25, 0.3) is 0 Å². The Balaban J connectivity index is 1.95. The molecule has 0 saturated heterocycles. The molecule has 0 fully saturated rings. The Kier molecular flexibility index (Phi) is 8.95. The van der Waals surface area contributed by atoms with Crippen molar-refractivity contribution in [3.05, 3.63) is 60.2 Å². The summed E-state index contributed by atoms with van der Waals surface area (Å²) in [7, 11) is 0. The fourth-order valence-corrected chi connectivity index (χ4v) is 1.94. The number of carbonyl (C=O) groups is 1. The van der Waals surface area contributed by atoms with Crippen LogP contribution in [0, 0.1) is 0 Å². The lowest BCUT2D eigenvalue weighted by atomic mass is 10.1. The number of hydrogen-bond acceptors (Lipinski definition) is 1. The maximum atomic E-state index is 10.6. The molecule has 0 radical (unpaired) electrons. The van der Waals surface area contributed by atoms with Gasteiger partial charge in [-0.25, -0.2) is 0 Å². The van der Waals surface area contributed by atoms with Crippen molar-refractivity contribution in [3.63, 3.8) is 0 Å².